The lowest BCUT2D eigenvalue weighted by atomic mass is 10.2. The molecule has 0 aliphatic carbocycles. The number of hydrogen-bond donors (Lipinski definition) is 1. The van der Waals surface area contributed by atoms with Crippen LogP contribution in [-0.2, 0) is 6.54 Å². The van der Waals surface area contributed by atoms with Crippen molar-refractivity contribution >= 4 is 17.3 Å². The van der Waals surface area contributed by atoms with Gasteiger partial charge in [0.2, 0.25) is 0 Å². The van der Waals surface area contributed by atoms with Crippen LogP contribution in [0.3, 0.4) is 0 Å². The van der Waals surface area contributed by atoms with Gasteiger partial charge in [-0.05, 0) is 29.8 Å². The normalized spacial score (nSPS) is 10.4. The first-order valence-corrected chi connectivity index (χ1v) is 6.63. The fourth-order valence-corrected chi connectivity index (χ4v) is 2.15. The van der Waals surface area contributed by atoms with Crippen molar-refractivity contribution in [2.24, 2.45) is 0 Å². The molecule has 0 radical (unpaired) electrons. The second-order valence-electron chi connectivity index (χ2n) is 4.36. The summed E-state index contributed by atoms with van der Waals surface area (Å²) in [5.74, 6) is 0. The van der Waals surface area contributed by atoms with Gasteiger partial charge in [0.05, 0.1) is 5.69 Å². The Morgan fingerprint density at radius 3 is 2.60 bits per heavy atom. The Labute approximate surface area is 122 Å². The third kappa shape index (κ3) is 2.81. The van der Waals surface area contributed by atoms with Gasteiger partial charge in [-0.25, -0.2) is 0 Å². The molecule has 0 unspecified atom stereocenters. The summed E-state index contributed by atoms with van der Waals surface area (Å²) in [5.41, 5.74) is 3.11. The Balaban J connectivity index is 1.75. The molecule has 0 atom stereocenters. The topological polar surface area (TPSA) is 42.7 Å². The van der Waals surface area contributed by atoms with Gasteiger partial charge in [-0.15, -0.1) is 10.2 Å². The van der Waals surface area contributed by atoms with Gasteiger partial charge < -0.3 is 5.32 Å². The lowest BCUT2D eigenvalue weighted by Crippen LogP contribution is -2.01. The third-order valence-corrected chi connectivity index (χ3v) is 3.37. The summed E-state index contributed by atoms with van der Waals surface area (Å²) in [6.45, 7) is 0.686. The number of rotatable bonds is 4. The summed E-state index contributed by atoms with van der Waals surface area (Å²) >= 11 is 6.14. The molecule has 0 fully saturated rings. The van der Waals surface area contributed by atoms with E-state index in [0.29, 0.717) is 6.54 Å². The van der Waals surface area contributed by atoms with Gasteiger partial charge in [0.15, 0.2) is 0 Å². The van der Waals surface area contributed by atoms with Gasteiger partial charge in [-0.3, -0.25) is 4.57 Å². The molecule has 0 aliphatic heterocycles. The maximum atomic E-state index is 6.14. The molecule has 0 amide bonds. The van der Waals surface area contributed by atoms with Crippen molar-refractivity contribution in [1.82, 2.24) is 14.8 Å². The fraction of sp³-hybridized carbons (Fsp3) is 0.0667. The fourth-order valence-electron chi connectivity index (χ4n) is 1.95. The van der Waals surface area contributed by atoms with Crippen LogP contribution in [-0.4, -0.2) is 14.8 Å². The predicted octanol–water partition coefficient (Wildman–Crippen LogP) is 3.53. The third-order valence-electron chi connectivity index (χ3n) is 3.00. The van der Waals surface area contributed by atoms with Crippen LogP contribution >= 0.6 is 11.6 Å². The molecule has 2 aromatic carbocycles. The van der Waals surface area contributed by atoms with E-state index in [1.54, 1.807) is 12.7 Å². The molecule has 0 saturated heterocycles. The summed E-state index contributed by atoms with van der Waals surface area (Å²) < 4.78 is 1.86. The number of anilines is 1. The van der Waals surface area contributed by atoms with Gasteiger partial charge in [-0.1, -0.05) is 35.9 Å². The Hall–Kier alpha value is -2.33. The summed E-state index contributed by atoms with van der Waals surface area (Å²) in [4.78, 5) is 0. The molecule has 100 valence electrons. The minimum absolute atomic E-state index is 0.686. The minimum atomic E-state index is 0.686. The van der Waals surface area contributed by atoms with E-state index in [2.05, 4.69) is 15.5 Å². The van der Waals surface area contributed by atoms with E-state index in [1.165, 1.54) is 0 Å². The molecule has 0 saturated carbocycles. The number of nitrogens with zero attached hydrogens (tertiary/aromatic N) is 3. The van der Waals surface area contributed by atoms with Crippen LogP contribution in [0.2, 0.25) is 5.02 Å². The van der Waals surface area contributed by atoms with Crippen LogP contribution in [0.25, 0.3) is 5.69 Å². The molecule has 0 spiro atoms. The van der Waals surface area contributed by atoms with Crippen LogP contribution in [0.5, 0.6) is 0 Å². The van der Waals surface area contributed by atoms with Gasteiger partial charge >= 0.3 is 0 Å². The Morgan fingerprint density at radius 2 is 1.80 bits per heavy atom. The van der Waals surface area contributed by atoms with Crippen LogP contribution in [0.4, 0.5) is 5.69 Å². The van der Waals surface area contributed by atoms with Crippen molar-refractivity contribution in [2.45, 2.75) is 6.54 Å². The molecule has 1 N–H and O–H groups in total. The average Bonchev–Trinajstić information content (AvgIpc) is 3.01. The van der Waals surface area contributed by atoms with E-state index >= 15 is 0 Å². The number of aromatic nitrogens is 3. The Bertz CT molecular complexity index is 695. The Kier molecular flexibility index (Phi) is 3.65. The maximum Gasteiger partial charge on any atom is 0.123 e. The number of hydrogen-bond acceptors (Lipinski definition) is 3. The highest BCUT2D eigenvalue weighted by atomic mass is 35.5. The lowest BCUT2D eigenvalue weighted by molar-refractivity contribution is 1.05. The van der Waals surface area contributed by atoms with Crippen molar-refractivity contribution in [1.29, 1.82) is 0 Å². The van der Waals surface area contributed by atoms with Crippen molar-refractivity contribution in [3.05, 3.63) is 71.8 Å². The summed E-state index contributed by atoms with van der Waals surface area (Å²) in [7, 11) is 0. The highest BCUT2D eigenvalue weighted by molar-refractivity contribution is 6.31. The standard InChI is InChI=1S/C15H13ClN4/c16-15-7-2-1-4-12(15)9-17-13-5-3-6-14(8-13)20-10-18-19-11-20/h1-8,10-11,17H,9H2. The van der Waals surface area contributed by atoms with Crippen molar-refractivity contribution < 1.29 is 0 Å². The molecule has 20 heavy (non-hydrogen) atoms. The highest BCUT2D eigenvalue weighted by Crippen LogP contribution is 2.18. The summed E-state index contributed by atoms with van der Waals surface area (Å²) in [5, 5.41) is 11.8. The van der Waals surface area contributed by atoms with Gasteiger partial charge in [0.1, 0.15) is 12.7 Å². The second-order valence-corrected chi connectivity index (χ2v) is 4.77. The molecule has 0 aliphatic rings. The monoisotopic (exact) mass is 284 g/mol. The summed E-state index contributed by atoms with van der Waals surface area (Å²) in [6, 6.07) is 15.9. The van der Waals surface area contributed by atoms with Crippen LogP contribution in [0, 0.1) is 0 Å². The van der Waals surface area contributed by atoms with Gasteiger partial charge in [0, 0.05) is 17.3 Å². The van der Waals surface area contributed by atoms with Crippen LogP contribution < -0.4 is 5.32 Å². The molecular formula is C15H13ClN4. The zero-order valence-corrected chi connectivity index (χ0v) is 11.5. The zero-order valence-electron chi connectivity index (χ0n) is 10.7. The number of halogens is 1. The molecular weight excluding hydrogens is 272 g/mol. The Morgan fingerprint density at radius 1 is 1.00 bits per heavy atom. The van der Waals surface area contributed by atoms with Crippen LogP contribution in [0.1, 0.15) is 5.56 Å². The number of nitrogens with one attached hydrogen (secondary N) is 1. The van der Waals surface area contributed by atoms with E-state index < -0.39 is 0 Å². The quantitative estimate of drug-likeness (QED) is 0.797. The first-order chi connectivity index (χ1) is 9.83. The molecule has 3 aromatic rings. The van der Waals surface area contributed by atoms with Crippen molar-refractivity contribution in [3.8, 4) is 5.69 Å². The van der Waals surface area contributed by atoms with E-state index in [0.717, 1.165) is 22.0 Å². The highest BCUT2D eigenvalue weighted by Gasteiger charge is 2.01. The van der Waals surface area contributed by atoms with E-state index in [9.17, 15) is 0 Å². The zero-order chi connectivity index (χ0) is 13.8. The van der Waals surface area contributed by atoms with Gasteiger partial charge in [0.25, 0.3) is 0 Å². The van der Waals surface area contributed by atoms with Crippen molar-refractivity contribution in [3.63, 3.8) is 0 Å². The lowest BCUT2D eigenvalue weighted by Gasteiger charge is -2.09. The smallest absolute Gasteiger partial charge is 0.123 e. The first kappa shape index (κ1) is 12.7. The SMILES string of the molecule is Clc1ccccc1CNc1cccc(-n2cnnc2)c1. The maximum absolute atomic E-state index is 6.14. The average molecular weight is 285 g/mol. The first-order valence-electron chi connectivity index (χ1n) is 6.25. The molecule has 0 bridgehead atoms. The minimum Gasteiger partial charge on any atom is -0.381 e. The van der Waals surface area contributed by atoms with E-state index in [-0.39, 0.29) is 0 Å². The number of benzene rings is 2. The molecule has 3 rings (SSSR count). The van der Waals surface area contributed by atoms with E-state index in [4.69, 9.17) is 11.6 Å². The van der Waals surface area contributed by atoms with Crippen molar-refractivity contribution in [2.75, 3.05) is 5.32 Å². The van der Waals surface area contributed by atoms with E-state index in [1.807, 2.05) is 53.1 Å². The van der Waals surface area contributed by atoms with Gasteiger partial charge in [-0.2, -0.15) is 0 Å². The predicted molar refractivity (Wildman–Crippen MR) is 80.1 cm³/mol. The van der Waals surface area contributed by atoms with Crippen LogP contribution in [0.15, 0.2) is 61.2 Å². The molecule has 1 heterocycles. The largest absolute Gasteiger partial charge is 0.381 e. The molecule has 1 aromatic heterocycles. The molecule has 5 heteroatoms. The second kappa shape index (κ2) is 5.75. The summed E-state index contributed by atoms with van der Waals surface area (Å²) in [6.07, 6.45) is 3.35. The molecule has 4 nitrogen and oxygen atoms in total.